The van der Waals surface area contributed by atoms with Crippen molar-refractivity contribution in [3.63, 3.8) is 0 Å². The second-order valence-corrected chi connectivity index (χ2v) is 9.06. The van der Waals surface area contributed by atoms with Gasteiger partial charge < -0.3 is 19.5 Å². The Hall–Kier alpha value is -2.34. The van der Waals surface area contributed by atoms with Crippen LogP contribution in [0.1, 0.15) is 58.1 Å². The van der Waals surface area contributed by atoms with E-state index in [1.54, 1.807) is 23.1 Å². The fourth-order valence-electron chi connectivity index (χ4n) is 4.95. The highest BCUT2D eigenvalue weighted by Crippen LogP contribution is 2.47. The van der Waals surface area contributed by atoms with Crippen LogP contribution < -0.4 is 0 Å². The van der Waals surface area contributed by atoms with Crippen molar-refractivity contribution in [1.82, 2.24) is 4.90 Å². The van der Waals surface area contributed by atoms with Crippen LogP contribution >= 0.6 is 0 Å². The molecule has 0 aromatic heterocycles. The maximum Gasteiger partial charge on any atom is 0.290 e. The Labute approximate surface area is 177 Å². The van der Waals surface area contributed by atoms with E-state index in [4.69, 9.17) is 9.47 Å². The van der Waals surface area contributed by atoms with Gasteiger partial charge >= 0.3 is 0 Å². The molecule has 0 bridgehead atoms. The fourth-order valence-corrected chi connectivity index (χ4v) is 4.95. The number of hydrogen-bond acceptors (Lipinski definition) is 5. The Bertz CT molecular complexity index is 861. The van der Waals surface area contributed by atoms with Crippen molar-refractivity contribution in [2.75, 3.05) is 13.2 Å². The predicted octanol–water partition coefficient (Wildman–Crippen LogP) is 3.75. The Morgan fingerprint density at radius 3 is 2.80 bits per heavy atom. The normalized spacial score (nSPS) is 28.6. The number of rotatable bonds is 6. The first kappa shape index (κ1) is 20.9. The van der Waals surface area contributed by atoms with Crippen molar-refractivity contribution in [2.45, 2.75) is 64.7 Å². The Balaban J connectivity index is 1.66. The Morgan fingerprint density at radius 1 is 1.27 bits per heavy atom. The third-order valence-electron chi connectivity index (χ3n) is 6.39. The minimum Gasteiger partial charge on any atom is -0.508 e. The molecular formula is C24H31NO5. The molecule has 3 aliphatic rings. The molecule has 4 rings (SSSR count). The highest BCUT2D eigenvalue weighted by atomic mass is 16.5. The van der Waals surface area contributed by atoms with E-state index in [0.29, 0.717) is 31.1 Å². The number of nitrogens with zero attached hydrogens (tertiary/aromatic N) is 1. The summed E-state index contributed by atoms with van der Waals surface area (Å²) in [5, 5.41) is 10.0. The highest BCUT2D eigenvalue weighted by Gasteiger charge is 2.52. The second kappa shape index (κ2) is 8.42. The number of hydrogen-bond donors (Lipinski definition) is 1. The molecule has 6 heteroatoms. The monoisotopic (exact) mass is 413 g/mol. The molecular weight excluding hydrogens is 382 g/mol. The fraction of sp³-hybridized carbons (Fsp3) is 0.583. The van der Waals surface area contributed by atoms with Gasteiger partial charge in [0, 0.05) is 13.2 Å². The Morgan fingerprint density at radius 2 is 2.07 bits per heavy atom. The molecule has 1 aliphatic carbocycles. The van der Waals surface area contributed by atoms with Crippen LogP contribution in [0.2, 0.25) is 0 Å². The minimum absolute atomic E-state index is 0.0374. The van der Waals surface area contributed by atoms with Crippen LogP contribution in [0, 0.1) is 11.8 Å². The van der Waals surface area contributed by atoms with Gasteiger partial charge in [-0.1, -0.05) is 19.1 Å². The van der Waals surface area contributed by atoms with Crippen molar-refractivity contribution in [2.24, 2.45) is 11.8 Å². The summed E-state index contributed by atoms with van der Waals surface area (Å²) in [4.78, 5) is 28.6. The molecule has 162 valence electrons. The van der Waals surface area contributed by atoms with Gasteiger partial charge in [-0.3, -0.25) is 9.59 Å². The number of ether oxygens (including phenoxy) is 2. The number of aromatic hydroxyl groups is 1. The third-order valence-corrected chi connectivity index (χ3v) is 6.39. The topological polar surface area (TPSA) is 76.1 Å². The van der Waals surface area contributed by atoms with Gasteiger partial charge in [0.05, 0.1) is 23.6 Å². The zero-order valence-corrected chi connectivity index (χ0v) is 18.0. The number of fused-ring (bicyclic) bond motifs is 1. The van der Waals surface area contributed by atoms with Gasteiger partial charge in [0.1, 0.15) is 11.9 Å². The van der Waals surface area contributed by atoms with Crippen molar-refractivity contribution < 1.29 is 24.2 Å². The zero-order chi connectivity index (χ0) is 21.4. The lowest BCUT2D eigenvalue weighted by Gasteiger charge is -2.37. The largest absolute Gasteiger partial charge is 0.508 e. The molecule has 1 amide bonds. The van der Waals surface area contributed by atoms with Crippen LogP contribution in [0.25, 0.3) is 0 Å². The Kier molecular flexibility index (Phi) is 5.87. The molecule has 4 atom stereocenters. The van der Waals surface area contributed by atoms with E-state index in [9.17, 15) is 14.7 Å². The number of Topliss-reactive ketones (excluding diaryl/α,β-unsaturated/α-hetero) is 1. The van der Waals surface area contributed by atoms with Crippen molar-refractivity contribution in [3.05, 3.63) is 41.2 Å². The van der Waals surface area contributed by atoms with Crippen LogP contribution in [-0.4, -0.2) is 47.1 Å². The van der Waals surface area contributed by atoms with Crippen molar-refractivity contribution in [1.29, 1.82) is 0 Å². The molecule has 0 radical (unpaired) electrons. The molecule has 1 aromatic rings. The van der Waals surface area contributed by atoms with Gasteiger partial charge in [-0.15, -0.1) is 0 Å². The van der Waals surface area contributed by atoms with Gasteiger partial charge in [0.15, 0.2) is 11.5 Å². The van der Waals surface area contributed by atoms with Gasteiger partial charge in [-0.25, -0.2) is 0 Å². The van der Waals surface area contributed by atoms with E-state index in [1.807, 2.05) is 19.9 Å². The van der Waals surface area contributed by atoms with E-state index >= 15 is 0 Å². The minimum atomic E-state index is -0.524. The first-order valence-corrected chi connectivity index (χ1v) is 11.0. The number of amides is 1. The molecule has 0 saturated heterocycles. The van der Waals surface area contributed by atoms with Crippen LogP contribution in [0.15, 0.2) is 35.6 Å². The molecule has 4 unspecified atom stereocenters. The average Bonchev–Trinajstić information content (AvgIpc) is 2.98. The van der Waals surface area contributed by atoms with Gasteiger partial charge in [0.25, 0.3) is 5.91 Å². The molecule has 1 saturated carbocycles. The molecule has 2 aliphatic heterocycles. The predicted molar refractivity (Wildman–Crippen MR) is 112 cm³/mol. The van der Waals surface area contributed by atoms with Gasteiger partial charge in [-0.05, 0) is 63.1 Å². The van der Waals surface area contributed by atoms with Crippen LogP contribution in [0.3, 0.4) is 0 Å². The standard InChI is InChI=1S/C24H31NO5/c1-14(2)29-11-5-10-25-21(16-6-4-7-17(26)13-16)20-22(27)18-12-15(3)8-9-19(18)30-23(20)24(25)28/h4,6-7,13-15,18-19,21,26H,5,8-12H2,1-3H3. The summed E-state index contributed by atoms with van der Waals surface area (Å²) >= 11 is 0. The van der Waals surface area contributed by atoms with E-state index in [-0.39, 0.29) is 41.3 Å². The number of ketones is 1. The van der Waals surface area contributed by atoms with Gasteiger partial charge in [0.2, 0.25) is 0 Å². The summed E-state index contributed by atoms with van der Waals surface area (Å²) in [6, 6.07) is 6.30. The van der Waals surface area contributed by atoms with Crippen LogP contribution in [0.5, 0.6) is 5.75 Å². The average molecular weight is 414 g/mol. The summed E-state index contributed by atoms with van der Waals surface area (Å²) < 4.78 is 11.8. The van der Waals surface area contributed by atoms with E-state index < -0.39 is 6.04 Å². The molecule has 1 aromatic carbocycles. The molecule has 1 N–H and O–H groups in total. The van der Waals surface area contributed by atoms with Crippen LogP contribution in [-0.2, 0) is 19.1 Å². The van der Waals surface area contributed by atoms with Crippen molar-refractivity contribution in [3.8, 4) is 5.75 Å². The highest BCUT2D eigenvalue weighted by molar-refractivity contribution is 6.11. The maximum absolute atomic E-state index is 13.6. The van der Waals surface area contributed by atoms with Crippen LogP contribution in [0.4, 0.5) is 0 Å². The molecule has 2 heterocycles. The SMILES string of the molecule is CC1CCC2OC3=C(C(=O)C2C1)C(c1cccc(O)c1)N(CCCOC(C)C)C3=O. The molecule has 30 heavy (non-hydrogen) atoms. The number of phenolic OH excluding ortho intramolecular Hbond substituents is 1. The first-order valence-electron chi connectivity index (χ1n) is 11.0. The maximum atomic E-state index is 13.6. The quantitative estimate of drug-likeness (QED) is 0.719. The van der Waals surface area contributed by atoms with E-state index in [2.05, 4.69) is 6.92 Å². The lowest BCUT2D eigenvalue weighted by atomic mass is 9.74. The van der Waals surface area contributed by atoms with E-state index in [1.165, 1.54) is 0 Å². The molecule has 6 nitrogen and oxygen atoms in total. The second-order valence-electron chi connectivity index (χ2n) is 9.06. The van der Waals surface area contributed by atoms with E-state index in [0.717, 1.165) is 24.8 Å². The first-order chi connectivity index (χ1) is 14.4. The summed E-state index contributed by atoms with van der Waals surface area (Å²) in [5.41, 5.74) is 1.20. The van der Waals surface area contributed by atoms with Gasteiger partial charge in [-0.2, -0.15) is 0 Å². The lowest BCUT2D eigenvalue weighted by Crippen LogP contribution is -2.41. The summed E-state index contributed by atoms with van der Waals surface area (Å²) in [5.74, 6) is 0.425. The zero-order valence-electron chi connectivity index (χ0n) is 18.0. The smallest absolute Gasteiger partial charge is 0.290 e. The molecule has 0 spiro atoms. The third kappa shape index (κ3) is 3.85. The lowest BCUT2D eigenvalue weighted by molar-refractivity contribution is -0.136. The number of carbonyl (C=O) groups excluding carboxylic acids is 2. The summed E-state index contributed by atoms with van der Waals surface area (Å²) in [7, 11) is 0. The molecule has 1 fully saturated rings. The number of phenols is 1. The van der Waals surface area contributed by atoms with Crippen molar-refractivity contribution >= 4 is 11.7 Å². The number of carbonyl (C=O) groups is 2. The summed E-state index contributed by atoms with van der Waals surface area (Å²) in [6.07, 6.45) is 3.20. The number of benzene rings is 1. The summed E-state index contributed by atoms with van der Waals surface area (Å²) in [6.45, 7) is 7.12.